The average Bonchev–Trinajstić information content (AvgIpc) is 3.35. The number of guanidine groups is 1. The molecule has 0 spiro atoms. The van der Waals surface area contributed by atoms with Crippen LogP contribution in [0.2, 0.25) is 5.02 Å². The molecule has 1 unspecified atom stereocenters. The fourth-order valence-electron chi connectivity index (χ4n) is 3.27. The molecule has 8 heteroatoms. The van der Waals surface area contributed by atoms with Crippen molar-refractivity contribution in [2.75, 3.05) is 32.9 Å². The van der Waals surface area contributed by atoms with Gasteiger partial charge in [-0.15, -0.1) is 0 Å². The minimum Gasteiger partial charge on any atom is -0.396 e. The number of halogens is 1. The number of aliphatic hydroxyl groups excluding tert-OH is 1. The van der Waals surface area contributed by atoms with E-state index in [0.29, 0.717) is 18.2 Å². The van der Waals surface area contributed by atoms with Gasteiger partial charge < -0.3 is 20.5 Å². The molecule has 28 heavy (non-hydrogen) atoms. The van der Waals surface area contributed by atoms with Gasteiger partial charge in [-0.05, 0) is 44.0 Å². The molecule has 1 saturated heterocycles. The quantitative estimate of drug-likeness (QED) is 0.464. The Bertz CT molecular complexity index is 769. The average molecular weight is 406 g/mol. The normalized spacial score (nSPS) is 19.8. The molecule has 0 amide bonds. The Morgan fingerprint density at radius 3 is 2.86 bits per heavy atom. The van der Waals surface area contributed by atoms with E-state index in [-0.39, 0.29) is 12.0 Å². The lowest BCUT2D eigenvalue weighted by atomic mass is 9.84. The van der Waals surface area contributed by atoms with Crippen molar-refractivity contribution in [3.8, 4) is 5.69 Å². The summed E-state index contributed by atoms with van der Waals surface area (Å²) in [7, 11) is 0. The number of aliphatic hydroxyl groups is 1. The van der Waals surface area contributed by atoms with Gasteiger partial charge in [-0.25, -0.2) is 9.67 Å². The monoisotopic (exact) mass is 405 g/mol. The molecule has 152 valence electrons. The highest BCUT2D eigenvalue weighted by atomic mass is 35.5. The lowest BCUT2D eigenvalue weighted by Gasteiger charge is -2.27. The maximum absolute atomic E-state index is 9.38. The van der Waals surface area contributed by atoms with Gasteiger partial charge in [-0.2, -0.15) is 5.10 Å². The standard InChI is InChI=1S/C20H28ClN5O2/c1-2-22-19(24-14-20(7-9-27)8-10-28-15-20)23-11-16-12-25-26(13-16)18-5-3-17(21)4-6-18/h3-6,12-13,27H,2,7-11,14-15H2,1H3,(H2,22,23,24). The van der Waals surface area contributed by atoms with Crippen LogP contribution >= 0.6 is 11.6 Å². The lowest BCUT2D eigenvalue weighted by molar-refractivity contribution is 0.127. The Kier molecular flexibility index (Phi) is 7.30. The van der Waals surface area contributed by atoms with Crippen LogP contribution in [-0.2, 0) is 11.3 Å². The Morgan fingerprint density at radius 2 is 2.18 bits per heavy atom. The van der Waals surface area contributed by atoms with Crippen LogP contribution in [0.25, 0.3) is 5.69 Å². The van der Waals surface area contributed by atoms with Crippen LogP contribution in [0.3, 0.4) is 0 Å². The third-order valence-corrected chi connectivity index (χ3v) is 5.20. The molecule has 0 bridgehead atoms. The second-order valence-corrected chi connectivity index (χ2v) is 7.53. The first-order chi connectivity index (χ1) is 13.6. The van der Waals surface area contributed by atoms with Crippen LogP contribution in [0, 0.1) is 5.41 Å². The van der Waals surface area contributed by atoms with Crippen LogP contribution in [0.1, 0.15) is 25.3 Å². The van der Waals surface area contributed by atoms with Crippen LogP contribution < -0.4 is 10.6 Å². The number of hydrogen-bond donors (Lipinski definition) is 3. The minimum absolute atomic E-state index is 0.0234. The van der Waals surface area contributed by atoms with Crippen LogP contribution in [0.4, 0.5) is 0 Å². The number of rotatable bonds is 8. The van der Waals surface area contributed by atoms with Crippen molar-refractivity contribution >= 4 is 17.6 Å². The zero-order chi connectivity index (χ0) is 19.8. The van der Waals surface area contributed by atoms with Crippen LogP contribution in [-0.4, -0.2) is 53.8 Å². The molecule has 1 atom stereocenters. The first-order valence-corrected chi connectivity index (χ1v) is 10.0. The summed E-state index contributed by atoms with van der Waals surface area (Å²) in [5, 5.41) is 21.2. The van der Waals surface area contributed by atoms with Crippen molar-refractivity contribution in [1.82, 2.24) is 20.4 Å². The highest BCUT2D eigenvalue weighted by Crippen LogP contribution is 2.31. The Morgan fingerprint density at radius 1 is 1.36 bits per heavy atom. The molecule has 3 rings (SSSR count). The molecule has 0 saturated carbocycles. The Balaban J connectivity index is 1.62. The lowest BCUT2D eigenvalue weighted by Crippen LogP contribution is -2.44. The second kappa shape index (κ2) is 9.91. The SMILES string of the molecule is CCNC(=NCc1cnn(-c2ccc(Cl)cc2)c1)NCC1(CCO)CCOC1. The molecule has 0 aliphatic carbocycles. The number of nitrogens with one attached hydrogen (secondary N) is 2. The first-order valence-electron chi connectivity index (χ1n) is 9.64. The summed E-state index contributed by atoms with van der Waals surface area (Å²) in [4.78, 5) is 4.67. The molecular formula is C20H28ClN5O2. The predicted octanol–water partition coefficient (Wildman–Crippen LogP) is 2.37. The molecule has 0 radical (unpaired) electrons. The van der Waals surface area contributed by atoms with E-state index in [9.17, 15) is 5.11 Å². The number of aliphatic imine (C=N–C) groups is 1. The van der Waals surface area contributed by atoms with E-state index in [1.54, 1.807) is 0 Å². The number of nitrogens with zero attached hydrogens (tertiary/aromatic N) is 3. The Labute approximate surface area is 170 Å². The van der Waals surface area contributed by atoms with E-state index in [0.717, 1.165) is 49.7 Å². The second-order valence-electron chi connectivity index (χ2n) is 7.09. The smallest absolute Gasteiger partial charge is 0.191 e. The van der Waals surface area contributed by atoms with E-state index >= 15 is 0 Å². The van der Waals surface area contributed by atoms with Gasteiger partial charge in [0.1, 0.15) is 0 Å². The van der Waals surface area contributed by atoms with Gasteiger partial charge in [0, 0.05) is 48.5 Å². The summed E-state index contributed by atoms with van der Waals surface area (Å²) in [5.74, 6) is 0.756. The predicted molar refractivity (Wildman–Crippen MR) is 111 cm³/mol. The molecule has 1 aliphatic heterocycles. The first kappa shape index (κ1) is 20.6. The third kappa shape index (κ3) is 5.47. The van der Waals surface area contributed by atoms with E-state index in [4.69, 9.17) is 16.3 Å². The Hall–Kier alpha value is -2.09. The van der Waals surface area contributed by atoms with Crippen molar-refractivity contribution < 1.29 is 9.84 Å². The minimum atomic E-state index is -0.0234. The van der Waals surface area contributed by atoms with Crippen molar-refractivity contribution in [1.29, 1.82) is 0 Å². The molecular weight excluding hydrogens is 378 g/mol. The molecule has 7 nitrogen and oxygen atoms in total. The number of aromatic nitrogens is 2. The number of benzene rings is 1. The van der Waals surface area contributed by atoms with E-state index in [1.807, 2.05) is 48.3 Å². The van der Waals surface area contributed by atoms with Gasteiger partial charge in [-0.1, -0.05) is 11.6 Å². The molecule has 1 aromatic carbocycles. The van der Waals surface area contributed by atoms with Gasteiger partial charge in [0.15, 0.2) is 5.96 Å². The maximum Gasteiger partial charge on any atom is 0.191 e. The topological polar surface area (TPSA) is 83.7 Å². The molecule has 2 heterocycles. The van der Waals surface area contributed by atoms with Crippen molar-refractivity contribution in [3.05, 3.63) is 47.2 Å². The van der Waals surface area contributed by atoms with Crippen LogP contribution in [0.5, 0.6) is 0 Å². The van der Waals surface area contributed by atoms with Gasteiger partial charge in [0.2, 0.25) is 0 Å². The zero-order valence-corrected chi connectivity index (χ0v) is 17.0. The summed E-state index contributed by atoms with van der Waals surface area (Å²) >= 11 is 5.94. The van der Waals surface area contributed by atoms with Gasteiger partial charge in [0.25, 0.3) is 0 Å². The fraction of sp³-hybridized carbons (Fsp3) is 0.500. The summed E-state index contributed by atoms with van der Waals surface area (Å²) in [6.07, 6.45) is 5.47. The number of ether oxygens (including phenoxy) is 1. The van der Waals surface area contributed by atoms with Crippen molar-refractivity contribution in [2.24, 2.45) is 10.4 Å². The molecule has 1 aliphatic rings. The highest BCUT2D eigenvalue weighted by Gasteiger charge is 2.34. The fourth-order valence-corrected chi connectivity index (χ4v) is 3.40. The van der Waals surface area contributed by atoms with Crippen molar-refractivity contribution in [2.45, 2.75) is 26.3 Å². The van der Waals surface area contributed by atoms with E-state index < -0.39 is 0 Å². The molecule has 2 aromatic rings. The number of hydrogen-bond acceptors (Lipinski definition) is 4. The molecule has 1 aromatic heterocycles. The van der Waals surface area contributed by atoms with E-state index in [1.165, 1.54) is 0 Å². The van der Waals surface area contributed by atoms with Crippen molar-refractivity contribution in [3.63, 3.8) is 0 Å². The van der Waals surface area contributed by atoms with Gasteiger partial charge in [0.05, 0.1) is 25.0 Å². The van der Waals surface area contributed by atoms with Crippen LogP contribution in [0.15, 0.2) is 41.7 Å². The van der Waals surface area contributed by atoms with Gasteiger partial charge >= 0.3 is 0 Å². The largest absolute Gasteiger partial charge is 0.396 e. The summed E-state index contributed by atoms with van der Waals surface area (Å²) in [6.45, 7) is 5.66. The molecule has 3 N–H and O–H groups in total. The summed E-state index contributed by atoms with van der Waals surface area (Å²) < 4.78 is 7.37. The maximum atomic E-state index is 9.38. The third-order valence-electron chi connectivity index (χ3n) is 4.95. The van der Waals surface area contributed by atoms with Gasteiger partial charge in [-0.3, -0.25) is 0 Å². The highest BCUT2D eigenvalue weighted by molar-refractivity contribution is 6.30. The summed E-state index contributed by atoms with van der Waals surface area (Å²) in [5.41, 5.74) is 1.95. The zero-order valence-electron chi connectivity index (χ0n) is 16.2. The molecule has 1 fully saturated rings. The summed E-state index contributed by atoms with van der Waals surface area (Å²) in [6, 6.07) is 7.55. The van der Waals surface area contributed by atoms with E-state index in [2.05, 4.69) is 20.7 Å².